The number of aryl methyl sites for hydroxylation is 2. The summed E-state index contributed by atoms with van der Waals surface area (Å²) in [5.41, 5.74) is 4.04. The number of carbonyl (C=O) groups is 1. The zero-order valence-corrected chi connectivity index (χ0v) is 15.9. The van der Waals surface area contributed by atoms with Crippen LogP contribution in [0, 0.1) is 13.8 Å². The number of anilines is 1. The molecular formula is C21H31N3O. The summed E-state index contributed by atoms with van der Waals surface area (Å²) in [6.07, 6.45) is 4.70. The molecule has 3 aliphatic rings. The summed E-state index contributed by atoms with van der Waals surface area (Å²) >= 11 is 0. The Morgan fingerprint density at radius 2 is 1.60 bits per heavy atom. The number of fused-ring (bicyclic) bond motifs is 1. The maximum Gasteiger partial charge on any atom is 0.239 e. The predicted molar refractivity (Wildman–Crippen MR) is 102 cm³/mol. The first-order valence-electron chi connectivity index (χ1n) is 9.92. The van der Waals surface area contributed by atoms with Crippen LogP contribution in [0.2, 0.25) is 0 Å². The second-order valence-corrected chi connectivity index (χ2v) is 8.26. The first-order chi connectivity index (χ1) is 12.0. The number of hydrogen-bond acceptors (Lipinski definition) is 3. The summed E-state index contributed by atoms with van der Waals surface area (Å²) < 4.78 is 0. The average molecular weight is 341 g/mol. The third-order valence-corrected chi connectivity index (χ3v) is 6.44. The second kappa shape index (κ2) is 6.64. The summed E-state index contributed by atoms with van der Waals surface area (Å²) in [5, 5.41) is 0. The van der Waals surface area contributed by atoms with Crippen LogP contribution in [0.5, 0.6) is 0 Å². The number of hydrogen-bond donors (Lipinski definition) is 0. The topological polar surface area (TPSA) is 26.8 Å². The Kier molecular flexibility index (Phi) is 4.48. The van der Waals surface area contributed by atoms with Crippen molar-refractivity contribution < 1.29 is 4.79 Å². The van der Waals surface area contributed by atoms with Gasteiger partial charge in [-0.05, 0) is 69.7 Å². The predicted octanol–water partition coefficient (Wildman–Crippen LogP) is 2.97. The van der Waals surface area contributed by atoms with Gasteiger partial charge in [-0.25, -0.2) is 0 Å². The molecule has 0 unspecified atom stereocenters. The molecule has 0 radical (unpaired) electrons. The number of piperazine rings is 1. The molecule has 3 fully saturated rings. The SMILES string of the molecule is Cc1cc(C)cc(N2CCC(N3C[C@@H]4CCCN4C(=O)[C@H]3C)CC2)c1. The van der Waals surface area contributed by atoms with Gasteiger partial charge in [-0.3, -0.25) is 9.69 Å². The van der Waals surface area contributed by atoms with Crippen LogP contribution in [0.3, 0.4) is 0 Å². The first kappa shape index (κ1) is 16.9. The number of rotatable bonds is 2. The molecule has 4 nitrogen and oxygen atoms in total. The summed E-state index contributed by atoms with van der Waals surface area (Å²) in [5.74, 6) is 0.366. The Morgan fingerprint density at radius 3 is 2.28 bits per heavy atom. The molecule has 2 atom stereocenters. The van der Waals surface area contributed by atoms with Crippen LogP contribution in [-0.4, -0.2) is 60.0 Å². The Hall–Kier alpha value is -1.55. The zero-order valence-electron chi connectivity index (χ0n) is 15.9. The van der Waals surface area contributed by atoms with Crippen LogP contribution in [-0.2, 0) is 4.79 Å². The van der Waals surface area contributed by atoms with Crippen molar-refractivity contribution in [2.45, 2.75) is 64.6 Å². The Balaban J connectivity index is 1.42. The number of piperidine rings is 1. The third kappa shape index (κ3) is 3.17. The molecular weight excluding hydrogens is 310 g/mol. The molecule has 0 N–H and O–H groups in total. The largest absolute Gasteiger partial charge is 0.371 e. The lowest BCUT2D eigenvalue weighted by Gasteiger charge is -2.47. The maximum absolute atomic E-state index is 12.7. The normalized spacial score (nSPS) is 28.5. The quantitative estimate of drug-likeness (QED) is 0.827. The highest BCUT2D eigenvalue weighted by Gasteiger charge is 2.43. The molecule has 3 heterocycles. The first-order valence-corrected chi connectivity index (χ1v) is 9.92. The minimum absolute atomic E-state index is 0.0621. The van der Waals surface area contributed by atoms with E-state index in [2.05, 4.69) is 53.7 Å². The van der Waals surface area contributed by atoms with Crippen LogP contribution in [0.4, 0.5) is 5.69 Å². The van der Waals surface area contributed by atoms with Crippen LogP contribution in [0.25, 0.3) is 0 Å². The van der Waals surface area contributed by atoms with Crippen LogP contribution < -0.4 is 4.90 Å². The van der Waals surface area contributed by atoms with Gasteiger partial charge in [-0.15, -0.1) is 0 Å². The summed E-state index contributed by atoms with van der Waals surface area (Å²) in [4.78, 5) is 19.9. The van der Waals surface area contributed by atoms with Crippen molar-refractivity contribution in [3.63, 3.8) is 0 Å². The number of benzene rings is 1. The van der Waals surface area contributed by atoms with E-state index in [0.717, 1.165) is 39.0 Å². The van der Waals surface area contributed by atoms with Crippen LogP contribution in [0.1, 0.15) is 43.7 Å². The van der Waals surface area contributed by atoms with Crippen molar-refractivity contribution in [3.8, 4) is 0 Å². The molecule has 1 aromatic carbocycles. The maximum atomic E-state index is 12.7. The zero-order chi connectivity index (χ0) is 17.6. The van der Waals surface area contributed by atoms with Gasteiger partial charge in [0.15, 0.2) is 0 Å². The second-order valence-electron chi connectivity index (χ2n) is 8.26. The van der Waals surface area contributed by atoms with Gasteiger partial charge in [0.05, 0.1) is 6.04 Å². The fourth-order valence-electron chi connectivity index (χ4n) is 5.15. The van der Waals surface area contributed by atoms with Gasteiger partial charge < -0.3 is 9.80 Å². The fourth-order valence-corrected chi connectivity index (χ4v) is 5.15. The Morgan fingerprint density at radius 1 is 0.920 bits per heavy atom. The Labute approximate surface area is 151 Å². The minimum atomic E-state index is 0.0621. The van der Waals surface area contributed by atoms with E-state index in [-0.39, 0.29) is 6.04 Å². The Bertz CT molecular complexity index is 630. The minimum Gasteiger partial charge on any atom is -0.371 e. The van der Waals surface area contributed by atoms with E-state index in [9.17, 15) is 4.79 Å². The van der Waals surface area contributed by atoms with E-state index >= 15 is 0 Å². The van der Waals surface area contributed by atoms with Gasteiger partial charge in [0.25, 0.3) is 0 Å². The summed E-state index contributed by atoms with van der Waals surface area (Å²) in [6.45, 7) is 10.7. The standard InChI is InChI=1S/C21H31N3O/c1-15-11-16(2)13-20(12-15)22-9-6-18(7-10-22)24-14-19-5-4-8-23(19)21(25)17(24)3/h11-13,17-19H,4-10,14H2,1-3H3/t17-,19+/m1/s1. The van der Waals surface area contributed by atoms with Crippen LogP contribution >= 0.6 is 0 Å². The number of carbonyl (C=O) groups excluding carboxylic acids is 1. The van der Waals surface area contributed by atoms with Gasteiger partial charge in [0, 0.05) is 44.0 Å². The molecule has 0 spiro atoms. The van der Waals surface area contributed by atoms with E-state index in [1.807, 2.05) is 0 Å². The van der Waals surface area contributed by atoms with Crippen molar-refractivity contribution in [3.05, 3.63) is 29.3 Å². The third-order valence-electron chi connectivity index (χ3n) is 6.44. The number of amides is 1. The summed E-state index contributed by atoms with van der Waals surface area (Å²) in [6, 6.07) is 7.94. The van der Waals surface area contributed by atoms with Gasteiger partial charge in [0.2, 0.25) is 5.91 Å². The van der Waals surface area contributed by atoms with E-state index < -0.39 is 0 Å². The highest BCUT2D eigenvalue weighted by atomic mass is 16.2. The molecule has 0 aromatic heterocycles. The molecule has 0 saturated carbocycles. The lowest BCUT2D eigenvalue weighted by molar-refractivity contribution is -0.145. The molecule has 1 amide bonds. The van der Waals surface area contributed by atoms with E-state index in [4.69, 9.17) is 0 Å². The molecule has 3 aliphatic heterocycles. The molecule has 4 rings (SSSR count). The molecule has 0 bridgehead atoms. The molecule has 0 aliphatic carbocycles. The highest BCUT2D eigenvalue weighted by Crippen LogP contribution is 2.31. The van der Waals surface area contributed by atoms with Gasteiger partial charge >= 0.3 is 0 Å². The number of nitrogens with zero attached hydrogens (tertiary/aromatic N) is 3. The lowest BCUT2D eigenvalue weighted by Crippen LogP contribution is -2.62. The van der Waals surface area contributed by atoms with Gasteiger partial charge in [-0.1, -0.05) is 6.07 Å². The average Bonchev–Trinajstić information content (AvgIpc) is 3.06. The smallest absolute Gasteiger partial charge is 0.239 e. The molecule has 136 valence electrons. The highest BCUT2D eigenvalue weighted by molar-refractivity contribution is 5.83. The van der Waals surface area contributed by atoms with E-state index in [1.165, 1.54) is 29.7 Å². The van der Waals surface area contributed by atoms with Crippen molar-refractivity contribution >= 4 is 11.6 Å². The monoisotopic (exact) mass is 341 g/mol. The van der Waals surface area contributed by atoms with Crippen molar-refractivity contribution in [1.29, 1.82) is 0 Å². The molecule has 1 aromatic rings. The fraction of sp³-hybridized carbons (Fsp3) is 0.667. The summed E-state index contributed by atoms with van der Waals surface area (Å²) in [7, 11) is 0. The van der Waals surface area contributed by atoms with E-state index in [0.29, 0.717) is 18.0 Å². The van der Waals surface area contributed by atoms with Crippen LogP contribution in [0.15, 0.2) is 18.2 Å². The van der Waals surface area contributed by atoms with Gasteiger partial charge in [0.1, 0.15) is 0 Å². The molecule has 3 saturated heterocycles. The molecule has 25 heavy (non-hydrogen) atoms. The van der Waals surface area contributed by atoms with Crippen molar-refractivity contribution in [2.24, 2.45) is 0 Å². The molecule has 4 heteroatoms. The lowest BCUT2D eigenvalue weighted by atomic mass is 9.97. The van der Waals surface area contributed by atoms with Crippen molar-refractivity contribution in [1.82, 2.24) is 9.80 Å². The van der Waals surface area contributed by atoms with Gasteiger partial charge in [-0.2, -0.15) is 0 Å². The van der Waals surface area contributed by atoms with E-state index in [1.54, 1.807) is 0 Å². The van der Waals surface area contributed by atoms with Crippen molar-refractivity contribution in [2.75, 3.05) is 31.1 Å².